The summed E-state index contributed by atoms with van der Waals surface area (Å²) in [6.07, 6.45) is 0.705. The number of rotatable bonds is 6. The van der Waals surface area contributed by atoms with Crippen molar-refractivity contribution in [2.45, 2.75) is 25.8 Å². The number of carbonyl (C=O) groups excluding carboxylic acids is 2. The molecule has 8 heteroatoms. The molecule has 7 nitrogen and oxygen atoms in total. The van der Waals surface area contributed by atoms with Gasteiger partial charge < -0.3 is 15.4 Å². The Bertz CT molecular complexity index is 1090. The van der Waals surface area contributed by atoms with E-state index in [-0.39, 0.29) is 18.2 Å². The van der Waals surface area contributed by atoms with Gasteiger partial charge in [-0.15, -0.1) is 0 Å². The zero-order valence-corrected chi connectivity index (χ0v) is 18.2. The van der Waals surface area contributed by atoms with Crippen molar-refractivity contribution >= 4 is 39.2 Å². The number of methoxy groups -OCH3 is 1. The standard InChI is InChI=1S/C22H21BrN4O3/c1-3-17-20(13-4-10-16(30-2)11-5-13)21-25-22(29)18(27(21)26-17)12-19(28)24-15-8-6-14(23)7-9-15/h4-11,18H,3,12H2,1-2H3,(H,24,28)(H,25,29). The molecule has 0 bridgehead atoms. The third-order valence-corrected chi connectivity index (χ3v) is 5.57. The molecule has 0 radical (unpaired) electrons. The van der Waals surface area contributed by atoms with E-state index < -0.39 is 6.04 Å². The summed E-state index contributed by atoms with van der Waals surface area (Å²) >= 11 is 3.37. The van der Waals surface area contributed by atoms with Gasteiger partial charge in [-0.1, -0.05) is 35.0 Å². The van der Waals surface area contributed by atoms with Crippen molar-refractivity contribution in [3.8, 4) is 16.9 Å². The molecule has 3 aromatic rings. The minimum absolute atomic E-state index is 0.00177. The summed E-state index contributed by atoms with van der Waals surface area (Å²) in [5, 5.41) is 10.4. The lowest BCUT2D eigenvalue weighted by atomic mass is 10.0. The molecule has 2 amide bonds. The number of halogens is 1. The Morgan fingerprint density at radius 2 is 1.90 bits per heavy atom. The van der Waals surface area contributed by atoms with Crippen molar-refractivity contribution < 1.29 is 14.3 Å². The molecule has 1 unspecified atom stereocenters. The number of hydrogen-bond acceptors (Lipinski definition) is 4. The number of aryl methyl sites for hydroxylation is 1. The van der Waals surface area contributed by atoms with Gasteiger partial charge in [0.1, 0.15) is 17.6 Å². The maximum atomic E-state index is 12.6. The Hall–Kier alpha value is -3.13. The second kappa shape index (κ2) is 8.31. The average Bonchev–Trinajstić information content (AvgIpc) is 3.25. The molecule has 2 N–H and O–H groups in total. The van der Waals surface area contributed by atoms with Crippen LogP contribution in [-0.4, -0.2) is 28.7 Å². The van der Waals surface area contributed by atoms with Crippen molar-refractivity contribution in [2.24, 2.45) is 0 Å². The van der Waals surface area contributed by atoms with Crippen molar-refractivity contribution in [3.63, 3.8) is 0 Å². The summed E-state index contributed by atoms with van der Waals surface area (Å²) in [4.78, 5) is 25.2. The van der Waals surface area contributed by atoms with Crippen LogP contribution in [0.25, 0.3) is 11.1 Å². The summed E-state index contributed by atoms with van der Waals surface area (Å²) in [7, 11) is 1.62. The fourth-order valence-electron chi connectivity index (χ4n) is 3.55. The number of benzene rings is 2. The van der Waals surface area contributed by atoms with Crippen LogP contribution in [0.4, 0.5) is 11.5 Å². The SMILES string of the molecule is CCc1nn2c(c1-c1ccc(OC)cc1)NC(=O)C2CC(=O)Nc1ccc(Br)cc1. The summed E-state index contributed by atoms with van der Waals surface area (Å²) in [6, 6.07) is 14.2. The fourth-order valence-corrected chi connectivity index (χ4v) is 3.81. The number of aromatic nitrogens is 2. The lowest BCUT2D eigenvalue weighted by Crippen LogP contribution is -2.23. The normalized spacial score (nSPS) is 14.9. The van der Waals surface area contributed by atoms with E-state index in [1.807, 2.05) is 43.3 Å². The quantitative estimate of drug-likeness (QED) is 0.561. The van der Waals surface area contributed by atoms with Crippen LogP contribution < -0.4 is 15.4 Å². The number of fused-ring (bicyclic) bond motifs is 1. The molecule has 1 aromatic heterocycles. The van der Waals surface area contributed by atoms with Crippen molar-refractivity contribution in [2.75, 3.05) is 17.7 Å². The van der Waals surface area contributed by atoms with Gasteiger partial charge in [-0.25, -0.2) is 4.68 Å². The molecule has 1 aliphatic heterocycles. The van der Waals surface area contributed by atoms with Crippen LogP contribution in [0.3, 0.4) is 0 Å². The molecule has 2 heterocycles. The van der Waals surface area contributed by atoms with E-state index in [4.69, 9.17) is 4.74 Å². The first-order chi connectivity index (χ1) is 14.5. The van der Waals surface area contributed by atoms with Gasteiger partial charge in [-0.05, 0) is 48.4 Å². The van der Waals surface area contributed by atoms with Crippen LogP contribution in [0.5, 0.6) is 5.75 Å². The van der Waals surface area contributed by atoms with Gasteiger partial charge in [0.15, 0.2) is 0 Å². The average molecular weight is 469 g/mol. The topological polar surface area (TPSA) is 85.2 Å². The fraction of sp³-hybridized carbons (Fsp3) is 0.227. The Kier molecular flexibility index (Phi) is 5.59. The Morgan fingerprint density at radius 1 is 1.20 bits per heavy atom. The van der Waals surface area contributed by atoms with Crippen LogP contribution in [0.2, 0.25) is 0 Å². The van der Waals surface area contributed by atoms with Crippen LogP contribution in [0, 0.1) is 0 Å². The molecule has 30 heavy (non-hydrogen) atoms. The van der Waals surface area contributed by atoms with E-state index >= 15 is 0 Å². The van der Waals surface area contributed by atoms with E-state index in [1.54, 1.807) is 23.9 Å². The molecular formula is C22H21BrN4O3. The lowest BCUT2D eigenvalue weighted by Gasteiger charge is -2.10. The first-order valence-corrected chi connectivity index (χ1v) is 10.4. The zero-order chi connectivity index (χ0) is 21.3. The van der Waals surface area contributed by atoms with Crippen LogP contribution >= 0.6 is 15.9 Å². The van der Waals surface area contributed by atoms with Crippen molar-refractivity contribution in [1.29, 1.82) is 0 Å². The van der Waals surface area contributed by atoms with Gasteiger partial charge in [0, 0.05) is 15.7 Å². The maximum absolute atomic E-state index is 12.6. The molecule has 0 spiro atoms. The minimum Gasteiger partial charge on any atom is -0.497 e. The number of nitrogens with zero attached hydrogens (tertiary/aromatic N) is 2. The number of amides is 2. The molecule has 1 aliphatic rings. The highest BCUT2D eigenvalue weighted by atomic mass is 79.9. The molecule has 1 atom stereocenters. The first-order valence-electron chi connectivity index (χ1n) is 9.62. The molecule has 0 fully saturated rings. The maximum Gasteiger partial charge on any atom is 0.251 e. The van der Waals surface area contributed by atoms with Crippen LogP contribution in [-0.2, 0) is 16.0 Å². The lowest BCUT2D eigenvalue weighted by molar-refractivity contribution is -0.123. The predicted octanol–water partition coefficient (Wildman–Crippen LogP) is 4.41. The van der Waals surface area contributed by atoms with Gasteiger partial charge in [0.25, 0.3) is 5.91 Å². The van der Waals surface area contributed by atoms with E-state index in [0.29, 0.717) is 17.9 Å². The summed E-state index contributed by atoms with van der Waals surface area (Å²) in [5.41, 5.74) is 3.36. The predicted molar refractivity (Wildman–Crippen MR) is 119 cm³/mol. The van der Waals surface area contributed by atoms with Crippen LogP contribution in [0.1, 0.15) is 25.1 Å². The summed E-state index contributed by atoms with van der Waals surface area (Å²) < 4.78 is 7.80. The van der Waals surface area contributed by atoms with E-state index in [9.17, 15) is 9.59 Å². The third-order valence-electron chi connectivity index (χ3n) is 5.04. The van der Waals surface area contributed by atoms with Gasteiger partial charge in [0.05, 0.1) is 19.2 Å². The van der Waals surface area contributed by atoms with Gasteiger partial charge >= 0.3 is 0 Å². The largest absolute Gasteiger partial charge is 0.497 e. The molecule has 154 valence electrons. The van der Waals surface area contributed by atoms with E-state index in [0.717, 1.165) is 27.0 Å². The molecule has 0 saturated carbocycles. The van der Waals surface area contributed by atoms with Gasteiger partial charge in [0.2, 0.25) is 5.91 Å². The monoisotopic (exact) mass is 468 g/mol. The molecule has 2 aromatic carbocycles. The molecular weight excluding hydrogens is 448 g/mol. The number of ether oxygens (including phenoxy) is 1. The second-order valence-electron chi connectivity index (χ2n) is 6.96. The highest BCUT2D eigenvalue weighted by Crippen LogP contribution is 2.39. The third kappa shape index (κ3) is 3.82. The second-order valence-corrected chi connectivity index (χ2v) is 7.88. The molecule has 0 aliphatic carbocycles. The Labute approximate surface area is 182 Å². The van der Waals surface area contributed by atoms with E-state index in [1.165, 1.54) is 0 Å². The Morgan fingerprint density at radius 3 is 2.53 bits per heavy atom. The van der Waals surface area contributed by atoms with Gasteiger partial charge in [-0.3, -0.25) is 9.59 Å². The number of anilines is 2. The highest BCUT2D eigenvalue weighted by Gasteiger charge is 2.36. The first kappa shape index (κ1) is 20.2. The molecule has 4 rings (SSSR count). The summed E-state index contributed by atoms with van der Waals surface area (Å²) in [5.74, 6) is 0.904. The van der Waals surface area contributed by atoms with Crippen molar-refractivity contribution in [3.05, 3.63) is 58.7 Å². The number of hydrogen-bond donors (Lipinski definition) is 2. The van der Waals surface area contributed by atoms with Crippen molar-refractivity contribution in [1.82, 2.24) is 9.78 Å². The highest BCUT2D eigenvalue weighted by molar-refractivity contribution is 9.10. The van der Waals surface area contributed by atoms with E-state index in [2.05, 4.69) is 31.7 Å². The van der Waals surface area contributed by atoms with Gasteiger partial charge in [-0.2, -0.15) is 5.10 Å². The Balaban J connectivity index is 1.59. The number of nitrogens with one attached hydrogen (secondary N) is 2. The number of carbonyl (C=O) groups is 2. The summed E-state index contributed by atoms with van der Waals surface area (Å²) in [6.45, 7) is 2.02. The van der Waals surface area contributed by atoms with Crippen LogP contribution in [0.15, 0.2) is 53.0 Å². The smallest absolute Gasteiger partial charge is 0.251 e. The molecule has 0 saturated heterocycles. The zero-order valence-electron chi connectivity index (χ0n) is 16.6. The minimum atomic E-state index is -0.687.